The van der Waals surface area contributed by atoms with E-state index in [1.165, 1.54) is 0 Å². The minimum absolute atomic E-state index is 0.997. The largest absolute Gasteiger partial charge is 0.228 e. The van der Waals surface area contributed by atoms with E-state index in [0.29, 0.717) is 0 Å². The van der Waals surface area contributed by atoms with E-state index in [2.05, 4.69) is 23.6 Å². The van der Waals surface area contributed by atoms with Gasteiger partial charge < -0.3 is 0 Å². The van der Waals surface area contributed by atoms with Crippen molar-refractivity contribution in [3.8, 4) is 0 Å². The van der Waals surface area contributed by atoms with Gasteiger partial charge in [-0.05, 0) is 0 Å². The fourth-order valence-electron chi connectivity index (χ4n) is 0.554. The average molecular weight is 98.1 g/mol. The molecule has 1 heterocycles. The molecule has 2 heteroatoms. The third kappa shape index (κ3) is 1.01. The Kier molecular flexibility index (Phi) is 1.13. The highest BCUT2D eigenvalue weighted by Gasteiger charge is 2.23. The van der Waals surface area contributed by atoms with Gasteiger partial charge in [0.05, 0.1) is 6.67 Å². The van der Waals surface area contributed by atoms with Crippen LogP contribution >= 0.6 is 0 Å². The van der Waals surface area contributed by atoms with Gasteiger partial charge in [0.15, 0.2) is 0 Å². The Morgan fingerprint density at radius 2 is 2.43 bits per heavy atom. The summed E-state index contributed by atoms with van der Waals surface area (Å²) < 4.78 is 0. The van der Waals surface area contributed by atoms with Crippen LogP contribution in [0.15, 0.2) is 12.7 Å². The molecule has 0 bridgehead atoms. The maximum atomic E-state index is 3.61. The third-order valence-electron chi connectivity index (χ3n) is 1.11. The van der Waals surface area contributed by atoms with E-state index in [0.717, 1.165) is 13.2 Å². The van der Waals surface area contributed by atoms with Crippen LogP contribution in [0.1, 0.15) is 0 Å². The molecule has 1 saturated heterocycles. The first kappa shape index (κ1) is 4.81. The van der Waals surface area contributed by atoms with Gasteiger partial charge in [-0.2, -0.15) is 0 Å². The van der Waals surface area contributed by atoms with Crippen molar-refractivity contribution in [3.05, 3.63) is 12.7 Å². The number of rotatable bonds is 2. The maximum absolute atomic E-state index is 3.61. The summed E-state index contributed by atoms with van der Waals surface area (Å²) in [6.07, 6.45) is 1.91. The zero-order valence-electron chi connectivity index (χ0n) is 4.59. The first-order chi connectivity index (χ1) is 3.34. The highest BCUT2D eigenvalue weighted by Crippen LogP contribution is 2.08. The monoisotopic (exact) mass is 98.1 g/mol. The minimum Gasteiger partial charge on any atom is -0.228 e. The molecule has 0 radical (unpaired) electrons. The van der Waals surface area contributed by atoms with Crippen molar-refractivity contribution >= 4 is 0 Å². The SMILES string of the molecule is C=CCN1CN1C. The molecule has 1 aliphatic rings. The molecule has 1 rings (SSSR count). The van der Waals surface area contributed by atoms with E-state index in [4.69, 9.17) is 0 Å². The fourth-order valence-corrected chi connectivity index (χ4v) is 0.554. The molecule has 1 aliphatic heterocycles. The Labute approximate surface area is 44.0 Å². The van der Waals surface area contributed by atoms with Crippen LogP contribution in [-0.4, -0.2) is 30.3 Å². The average Bonchev–Trinajstić information content (AvgIpc) is 2.22. The molecule has 0 aliphatic carbocycles. The summed E-state index contributed by atoms with van der Waals surface area (Å²) in [5, 5.41) is 4.33. The molecule has 0 amide bonds. The van der Waals surface area contributed by atoms with Crippen molar-refractivity contribution in [2.75, 3.05) is 20.3 Å². The van der Waals surface area contributed by atoms with E-state index in [9.17, 15) is 0 Å². The van der Waals surface area contributed by atoms with Gasteiger partial charge in [0.1, 0.15) is 0 Å². The highest BCUT2D eigenvalue weighted by atomic mass is 15.8. The molecule has 0 N–H and O–H groups in total. The number of hydrogen-bond acceptors (Lipinski definition) is 2. The van der Waals surface area contributed by atoms with Gasteiger partial charge in [-0.15, -0.1) is 6.58 Å². The van der Waals surface area contributed by atoms with Gasteiger partial charge in [-0.25, -0.2) is 10.0 Å². The summed E-state index contributed by atoms with van der Waals surface area (Å²) in [5.41, 5.74) is 0. The Bertz CT molecular complexity index is 80.1. The lowest BCUT2D eigenvalue weighted by Gasteiger charge is -1.89. The lowest BCUT2D eigenvalue weighted by molar-refractivity contribution is 0.382. The van der Waals surface area contributed by atoms with Crippen LogP contribution in [0.5, 0.6) is 0 Å². The first-order valence-corrected chi connectivity index (χ1v) is 2.41. The first-order valence-electron chi connectivity index (χ1n) is 2.41. The van der Waals surface area contributed by atoms with E-state index >= 15 is 0 Å². The maximum Gasteiger partial charge on any atom is 0.0788 e. The fraction of sp³-hybridized carbons (Fsp3) is 0.600. The number of nitrogens with zero attached hydrogens (tertiary/aromatic N) is 2. The lowest BCUT2D eigenvalue weighted by atomic mass is 10.6. The molecular formula is C5H10N2. The third-order valence-corrected chi connectivity index (χ3v) is 1.11. The van der Waals surface area contributed by atoms with Crippen LogP contribution in [0.2, 0.25) is 0 Å². The van der Waals surface area contributed by atoms with Crippen LogP contribution < -0.4 is 0 Å². The van der Waals surface area contributed by atoms with Crippen molar-refractivity contribution < 1.29 is 0 Å². The van der Waals surface area contributed by atoms with Gasteiger partial charge >= 0.3 is 0 Å². The summed E-state index contributed by atoms with van der Waals surface area (Å²) in [4.78, 5) is 0. The molecule has 0 aromatic heterocycles. The predicted octanol–water partition coefficient (Wildman–Crippen LogP) is 0.292. The molecule has 7 heavy (non-hydrogen) atoms. The molecule has 2 unspecified atom stereocenters. The molecule has 0 spiro atoms. The Morgan fingerprint density at radius 3 is 2.57 bits per heavy atom. The van der Waals surface area contributed by atoms with Crippen LogP contribution in [0.3, 0.4) is 0 Å². The Balaban J connectivity index is 2.08. The van der Waals surface area contributed by atoms with Crippen molar-refractivity contribution in [3.63, 3.8) is 0 Å². The van der Waals surface area contributed by atoms with E-state index < -0.39 is 0 Å². The molecule has 1 fully saturated rings. The second-order valence-corrected chi connectivity index (χ2v) is 1.78. The van der Waals surface area contributed by atoms with Crippen LogP contribution in [0.25, 0.3) is 0 Å². The second kappa shape index (κ2) is 1.64. The second-order valence-electron chi connectivity index (χ2n) is 1.78. The van der Waals surface area contributed by atoms with E-state index in [1.54, 1.807) is 0 Å². The van der Waals surface area contributed by atoms with Gasteiger partial charge in [-0.1, -0.05) is 6.08 Å². The summed E-state index contributed by atoms with van der Waals surface area (Å²) in [7, 11) is 2.06. The minimum atomic E-state index is 0.997. The Hall–Kier alpha value is -0.340. The predicted molar refractivity (Wildman–Crippen MR) is 29.5 cm³/mol. The van der Waals surface area contributed by atoms with Crippen molar-refractivity contribution in [1.29, 1.82) is 0 Å². The zero-order valence-corrected chi connectivity index (χ0v) is 4.59. The molecule has 0 aromatic carbocycles. The van der Waals surface area contributed by atoms with Crippen molar-refractivity contribution in [2.24, 2.45) is 0 Å². The molecule has 2 nitrogen and oxygen atoms in total. The van der Waals surface area contributed by atoms with Crippen molar-refractivity contribution in [2.45, 2.75) is 0 Å². The molecular weight excluding hydrogens is 88.1 g/mol. The topological polar surface area (TPSA) is 6.02 Å². The van der Waals surface area contributed by atoms with Gasteiger partial charge in [-0.3, -0.25) is 0 Å². The lowest BCUT2D eigenvalue weighted by Crippen LogP contribution is -2.00. The van der Waals surface area contributed by atoms with Crippen LogP contribution in [-0.2, 0) is 0 Å². The van der Waals surface area contributed by atoms with Gasteiger partial charge in [0.25, 0.3) is 0 Å². The smallest absolute Gasteiger partial charge is 0.0788 e. The summed E-state index contributed by atoms with van der Waals surface area (Å²) in [6, 6.07) is 0. The Morgan fingerprint density at radius 1 is 1.86 bits per heavy atom. The van der Waals surface area contributed by atoms with Crippen LogP contribution in [0.4, 0.5) is 0 Å². The number of hydrogen-bond donors (Lipinski definition) is 0. The van der Waals surface area contributed by atoms with E-state index in [-0.39, 0.29) is 0 Å². The zero-order chi connectivity index (χ0) is 5.28. The molecule has 2 atom stereocenters. The normalized spacial score (nSPS) is 37.9. The molecule has 0 saturated carbocycles. The molecule has 40 valence electrons. The standard InChI is InChI=1S/C5H10N2/c1-3-4-7-5-6(7)2/h3H,1,4-5H2,2H3. The summed E-state index contributed by atoms with van der Waals surface area (Å²) >= 11 is 0. The molecule has 0 aromatic rings. The van der Waals surface area contributed by atoms with Gasteiger partial charge in [0, 0.05) is 13.6 Å². The summed E-state index contributed by atoms with van der Waals surface area (Å²) in [6.45, 7) is 5.71. The summed E-state index contributed by atoms with van der Waals surface area (Å²) in [5.74, 6) is 0. The van der Waals surface area contributed by atoms with Gasteiger partial charge in [0.2, 0.25) is 0 Å². The van der Waals surface area contributed by atoms with Crippen LogP contribution in [0, 0.1) is 0 Å². The quantitative estimate of drug-likeness (QED) is 0.361. The highest BCUT2D eigenvalue weighted by molar-refractivity contribution is 4.76. The van der Waals surface area contributed by atoms with E-state index in [1.807, 2.05) is 6.08 Å². The van der Waals surface area contributed by atoms with Crippen molar-refractivity contribution in [1.82, 2.24) is 10.0 Å². The number of hydrazine groups is 1.